The number of nitrogens with zero attached hydrogens (tertiary/aromatic N) is 5. The van der Waals surface area contributed by atoms with Crippen LogP contribution in [0.15, 0.2) is 205 Å². The average Bonchev–Trinajstić information content (AvgIpc) is 4.01. The van der Waals surface area contributed by atoms with Gasteiger partial charge in [-0.15, -0.1) is 0 Å². The van der Waals surface area contributed by atoms with Crippen LogP contribution in [-0.4, -0.2) is 24.1 Å². The van der Waals surface area contributed by atoms with Crippen LogP contribution in [0, 0.1) is 0 Å². The molecule has 6 nitrogen and oxygen atoms in total. The van der Waals surface area contributed by atoms with E-state index < -0.39 is 0 Å². The molecule has 14 rings (SSSR count). The van der Waals surface area contributed by atoms with E-state index in [0.717, 1.165) is 71.6 Å². The number of benzene rings is 10. The highest BCUT2D eigenvalue weighted by atomic mass is 16.3. The van der Waals surface area contributed by atoms with Crippen LogP contribution >= 0.6 is 0 Å². The largest absolute Gasteiger partial charge is 0.456 e. The molecule has 0 radical (unpaired) electrons. The SMILES string of the molecule is c1ccc(-c2nc(-c3ccc4oc5ccccc5c4c3)nc(-n3c4ccccc4c4c3ccc3c5ccccc5n(-c5ccc6c7ccccc7c7ccccc7c6c5)c34)n2)cc1. The Balaban J connectivity index is 1.07. The van der Waals surface area contributed by atoms with Crippen molar-refractivity contribution in [2.45, 2.75) is 0 Å². The lowest BCUT2D eigenvalue weighted by atomic mass is 9.94. The van der Waals surface area contributed by atoms with Gasteiger partial charge in [0, 0.05) is 49.1 Å². The summed E-state index contributed by atoms with van der Waals surface area (Å²) in [6.45, 7) is 0. The van der Waals surface area contributed by atoms with Gasteiger partial charge in [0.2, 0.25) is 5.95 Å². The quantitative estimate of drug-likeness (QED) is 0.166. The molecule has 0 aliphatic rings. The molecule has 292 valence electrons. The van der Waals surface area contributed by atoms with Crippen molar-refractivity contribution in [1.82, 2.24) is 24.1 Å². The second kappa shape index (κ2) is 12.9. The Morgan fingerprint density at radius 2 is 0.873 bits per heavy atom. The molecule has 0 saturated heterocycles. The van der Waals surface area contributed by atoms with Crippen LogP contribution in [0.2, 0.25) is 0 Å². The van der Waals surface area contributed by atoms with Gasteiger partial charge < -0.3 is 8.98 Å². The Bertz CT molecular complexity index is 4180. The minimum Gasteiger partial charge on any atom is -0.456 e. The number of aromatic nitrogens is 5. The van der Waals surface area contributed by atoms with Gasteiger partial charge in [0.15, 0.2) is 11.6 Å². The fourth-order valence-corrected chi connectivity index (χ4v) is 10.2. The Morgan fingerprint density at radius 3 is 1.62 bits per heavy atom. The van der Waals surface area contributed by atoms with Gasteiger partial charge in [0.1, 0.15) is 11.2 Å². The molecule has 10 aromatic carbocycles. The van der Waals surface area contributed by atoms with Crippen molar-refractivity contribution in [3.63, 3.8) is 0 Å². The Kier molecular flexibility index (Phi) is 7.02. The summed E-state index contributed by atoms with van der Waals surface area (Å²) in [5.74, 6) is 1.74. The molecule has 4 heterocycles. The van der Waals surface area contributed by atoms with Gasteiger partial charge in [-0.3, -0.25) is 4.57 Å². The van der Waals surface area contributed by atoms with Gasteiger partial charge in [-0.25, -0.2) is 4.98 Å². The molecule has 6 heteroatoms. The number of furan rings is 1. The highest BCUT2D eigenvalue weighted by Crippen LogP contribution is 2.43. The molecule has 63 heavy (non-hydrogen) atoms. The van der Waals surface area contributed by atoms with Crippen molar-refractivity contribution in [2.75, 3.05) is 0 Å². The normalized spacial score (nSPS) is 12.1. The molecule has 0 fully saturated rings. The first-order chi connectivity index (χ1) is 31.2. The molecular weight excluding hydrogens is 771 g/mol. The molecule has 0 unspecified atom stereocenters. The fraction of sp³-hybridized carbons (Fsp3) is 0. The van der Waals surface area contributed by atoms with E-state index in [4.69, 9.17) is 19.4 Å². The zero-order chi connectivity index (χ0) is 41.2. The van der Waals surface area contributed by atoms with Crippen molar-refractivity contribution in [3.05, 3.63) is 200 Å². The minimum absolute atomic E-state index is 0.549. The number of para-hydroxylation sites is 3. The summed E-state index contributed by atoms with van der Waals surface area (Å²) in [7, 11) is 0. The van der Waals surface area contributed by atoms with Crippen molar-refractivity contribution < 1.29 is 4.42 Å². The molecule has 0 N–H and O–H groups in total. The molecule has 0 atom stereocenters. The molecule has 0 saturated carbocycles. The maximum Gasteiger partial charge on any atom is 0.238 e. The standard InChI is InChI=1S/C57H33N5O/c1-2-14-34(15-3-1)55-58-56(35-26-31-52-47(32-35)43-21-10-13-25-51(43)63-52)60-57(59-55)62-49-24-12-9-22-45(49)53-50(62)30-29-44-42-20-8-11-23-48(42)61(54(44)53)36-27-28-41-39-18-5-4-16-37(39)38-17-6-7-19-40(38)46(41)33-36/h1-33H. The molecule has 0 spiro atoms. The van der Waals surface area contributed by atoms with Gasteiger partial charge in [-0.2, -0.15) is 9.97 Å². The minimum atomic E-state index is 0.549. The van der Waals surface area contributed by atoms with Crippen LogP contribution < -0.4 is 0 Å². The molecular formula is C57H33N5O. The summed E-state index contributed by atoms with van der Waals surface area (Å²) in [6.07, 6.45) is 0. The highest BCUT2D eigenvalue weighted by Gasteiger charge is 2.24. The van der Waals surface area contributed by atoms with Gasteiger partial charge in [-0.1, -0.05) is 146 Å². The zero-order valence-electron chi connectivity index (χ0n) is 33.7. The number of hydrogen-bond acceptors (Lipinski definition) is 4. The lowest BCUT2D eigenvalue weighted by molar-refractivity contribution is 0.669. The third-order valence-electron chi connectivity index (χ3n) is 12.9. The van der Waals surface area contributed by atoms with Crippen LogP contribution in [-0.2, 0) is 0 Å². The molecule has 0 aliphatic carbocycles. The Hall–Kier alpha value is -8.61. The van der Waals surface area contributed by atoms with Gasteiger partial charge in [-0.05, 0) is 86.9 Å². The first kappa shape index (κ1) is 34.1. The van der Waals surface area contributed by atoms with E-state index in [-0.39, 0.29) is 0 Å². The van der Waals surface area contributed by atoms with E-state index in [0.29, 0.717) is 17.6 Å². The fourth-order valence-electron chi connectivity index (χ4n) is 10.2. The second-order valence-corrected chi connectivity index (χ2v) is 16.3. The summed E-state index contributed by atoms with van der Waals surface area (Å²) in [4.78, 5) is 15.8. The van der Waals surface area contributed by atoms with Crippen LogP contribution in [0.3, 0.4) is 0 Å². The Morgan fingerprint density at radius 1 is 0.317 bits per heavy atom. The first-order valence-corrected chi connectivity index (χ1v) is 21.3. The average molecular weight is 804 g/mol. The molecule has 0 bridgehead atoms. The summed E-state index contributed by atoms with van der Waals surface area (Å²) < 4.78 is 10.9. The van der Waals surface area contributed by atoms with Gasteiger partial charge >= 0.3 is 0 Å². The van der Waals surface area contributed by atoms with E-state index >= 15 is 0 Å². The maximum absolute atomic E-state index is 6.21. The topological polar surface area (TPSA) is 61.7 Å². The van der Waals surface area contributed by atoms with Gasteiger partial charge in [0.25, 0.3) is 0 Å². The number of rotatable bonds is 4. The number of hydrogen-bond donors (Lipinski definition) is 0. The summed E-state index contributed by atoms with van der Waals surface area (Å²) in [5.41, 5.74) is 8.90. The third kappa shape index (κ3) is 4.91. The summed E-state index contributed by atoms with van der Waals surface area (Å²) >= 11 is 0. The highest BCUT2D eigenvalue weighted by molar-refractivity contribution is 6.28. The van der Waals surface area contributed by atoms with Crippen molar-refractivity contribution >= 4 is 97.9 Å². The van der Waals surface area contributed by atoms with Crippen LogP contribution in [0.5, 0.6) is 0 Å². The second-order valence-electron chi connectivity index (χ2n) is 16.3. The van der Waals surface area contributed by atoms with Crippen molar-refractivity contribution in [1.29, 1.82) is 0 Å². The first-order valence-electron chi connectivity index (χ1n) is 21.3. The molecule has 0 amide bonds. The van der Waals surface area contributed by atoms with E-state index in [2.05, 4.69) is 161 Å². The molecule has 4 aromatic heterocycles. The molecule has 0 aliphatic heterocycles. The van der Waals surface area contributed by atoms with Crippen molar-refractivity contribution in [3.8, 4) is 34.4 Å². The van der Waals surface area contributed by atoms with Crippen molar-refractivity contribution in [2.24, 2.45) is 0 Å². The zero-order valence-corrected chi connectivity index (χ0v) is 33.7. The monoisotopic (exact) mass is 803 g/mol. The van der Waals surface area contributed by atoms with Crippen LogP contribution in [0.1, 0.15) is 0 Å². The van der Waals surface area contributed by atoms with Gasteiger partial charge in [0.05, 0.1) is 22.1 Å². The van der Waals surface area contributed by atoms with E-state index in [9.17, 15) is 0 Å². The van der Waals surface area contributed by atoms with Crippen LogP contribution in [0.4, 0.5) is 0 Å². The smallest absolute Gasteiger partial charge is 0.238 e. The molecule has 14 aromatic rings. The van der Waals surface area contributed by atoms with E-state index in [1.807, 2.05) is 48.5 Å². The lowest BCUT2D eigenvalue weighted by Gasteiger charge is -2.14. The third-order valence-corrected chi connectivity index (χ3v) is 12.9. The predicted octanol–water partition coefficient (Wildman–Crippen LogP) is 14.8. The lowest BCUT2D eigenvalue weighted by Crippen LogP contribution is -2.06. The predicted molar refractivity (Wildman–Crippen MR) is 259 cm³/mol. The Labute approximate surface area is 359 Å². The summed E-state index contributed by atoms with van der Waals surface area (Å²) in [6, 6.07) is 71.0. The van der Waals surface area contributed by atoms with Crippen LogP contribution in [0.25, 0.3) is 132 Å². The van der Waals surface area contributed by atoms with E-state index in [1.165, 1.54) is 43.1 Å². The maximum atomic E-state index is 6.21. The number of fused-ring (bicyclic) bond motifs is 16. The summed E-state index contributed by atoms with van der Waals surface area (Å²) in [5, 5.41) is 14.2. The van der Waals surface area contributed by atoms with E-state index in [1.54, 1.807) is 0 Å².